The summed E-state index contributed by atoms with van der Waals surface area (Å²) >= 11 is 1.46. The van der Waals surface area contributed by atoms with Crippen molar-refractivity contribution in [1.82, 2.24) is 15.4 Å². The molecule has 0 bridgehead atoms. The van der Waals surface area contributed by atoms with Gasteiger partial charge in [0.15, 0.2) is 5.16 Å². The maximum absolute atomic E-state index is 11.7. The highest BCUT2D eigenvalue weighted by Crippen LogP contribution is 2.15. The van der Waals surface area contributed by atoms with Crippen molar-refractivity contribution in [2.24, 2.45) is 0 Å². The number of benzene rings is 1. The van der Waals surface area contributed by atoms with Gasteiger partial charge in [-0.15, -0.1) is 0 Å². The molecular weight excluding hydrogens is 314 g/mol. The second-order valence-corrected chi connectivity index (χ2v) is 6.13. The Hall–Kier alpha value is -2.12. The summed E-state index contributed by atoms with van der Waals surface area (Å²) in [7, 11) is 0. The zero-order valence-electron chi connectivity index (χ0n) is 12.6. The normalized spacial score (nSPS) is 10.5. The van der Waals surface area contributed by atoms with Crippen molar-refractivity contribution in [3.8, 4) is 0 Å². The number of hydroxylamine groups is 1. The van der Waals surface area contributed by atoms with Crippen LogP contribution in [0.4, 0.5) is 0 Å². The highest BCUT2D eigenvalue weighted by atomic mass is 32.2. The number of hydrogen-bond donors (Lipinski definition) is 3. The number of rotatable bonds is 8. The number of nitrogens with one attached hydrogen (secondary N) is 2. The average molecular weight is 333 g/mol. The lowest BCUT2D eigenvalue weighted by molar-refractivity contribution is -0.129. The molecule has 0 radical (unpaired) electrons. The second kappa shape index (κ2) is 9.12. The number of unbranched alkanes of at least 4 members (excludes halogenated alkanes) is 1. The van der Waals surface area contributed by atoms with Crippen LogP contribution in [0.25, 0.3) is 0 Å². The van der Waals surface area contributed by atoms with Crippen LogP contribution >= 0.6 is 11.8 Å². The van der Waals surface area contributed by atoms with E-state index >= 15 is 0 Å². The van der Waals surface area contributed by atoms with E-state index in [0.717, 1.165) is 23.4 Å². The van der Waals surface area contributed by atoms with Crippen molar-refractivity contribution < 1.29 is 10.0 Å². The fraction of sp³-hybridized carbons (Fsp3) is 0.312. The van der Waals surface area contributed by atoms with Gasteiger partial charge in [-0.25, -0.2) is 10.5 Å². The number of carbonyl (C=O) groups excluding carboxylic acids is 1. The van der Waals surface area contributed by atoms with Crippen molar-refractivity contribution >= 4 is 17.7 Å². The summed E-state index contributed by atoms with van der Waals surface area (Å²) in [6, 6.07) is 11.4. The van der Waals surface area contributed by atoms with Crippen LogP contribution in [0, 0.1) is 0 Å². The Kier molecular flexibility index (Phi) is 6.83. The highest BCUT2D eigenvalue weighted by Gasteiger charge is 2.04. The van der Waals surface area contributed by atoms with Crippen LogP contribution in [0.2, 0.25) is 0 Å². The molecule has 0 saturated heterocycles. The van der Waals surface area contributed by atoms with Gasteiger partial charge in [0.05, 0.1) is 5.69 Å². The van der Waals surface area contributed by atoms with Gasteiger partial charge < -0.3 is 4.98 Å². The first-order valence-electron chi connectivity index (χ1n) is 7.37. The maximum Gasteiger partial charge on any atom is 0.251 e. The van der Waals surface area contributed by atoms with E-state index in [1.165, 1.54) is 17.8 Å². The van der Waals surface area contributed by atoms with Crippen LogP contribution in [0.1, 0.15) is 30.5 Å². The molecule has 122 valence electrons. The quantitative estimate of drug-likeness (QED) is 0.226. The van der Waals surface area contributed by atoms with Crippen molar-refractivity contribution in [2.75, 3.05) is 5.75 Å². The molecule has 3 N–H and O–H groups in total. The summed E-state index contributed by atoms with van der Waals surface area (Å²) in [6.45, 7) is 0. The number of H-pyrrole nitrogens is 1. The van der Waals surface area contributed by atoms with E-state index < -0.39 is 0 Å². The van der Waals surface area contributed by atoms with Gasteiger partial charge in [0.25, 0.3) is 5.56 Å². The standard InChI is InChI=1S/C16H19N3O3S/c20-14(19-22)8-4-5-9-23-16-17-13(11-15(21)18-16)10-12-6-2-1-3-7-12/h1-3,6-7,11,22H,4-5,8-10H2,(H,19,20)(H,17,18,21). The molecule has 2 rings (SSSR count). The minimum atomic E-state index is -0.383. The Morgan fingerprint density at radius 1 is 1.26 bits per heavy atom. The molecule has 1 amide bonds. The molecule has 1 heterocycles. The predicted molar refractivity (Wildman–Crippen MR) is 88.6 cm³/mol. The van der Waals surface area contributed by atoms with E-state index in [4.69, 9.17) is 5.21 Å². The smallest absolute Gasteiger partial charge is 0.251 e. The number of thioether (sulfide) groups is 1. The Labute approximate surface area is 138 Å². The van der Waals surface area contributed by atoms with E-state index in [1.54, 1.807) is 5.48 Å². The van der Waals surface area contributed by atoms with Crippen molar-refractivity contribution in [3.05, 3.63) is 58.0 Å². The molecule has 0 aliphatic carbocycles. The van der Waals surface area contributed by atoms with E-state index in [2.05, 4.69) is 9.97 Å². The Bertz CT molecular complexity index is 688. The van der Waals surface area contributed by atoms with Gasteiger partial charge in [-0.3, -0.25) is 14.8 Å². The second-order valence-electron chi connectivity index (χ2n) is 5.04. The highest BCUT2D eigenvalue weighted by molar-refractivity contribution is 7.99. The van der Waals surface area contributed by atoms with Gasteiger partial charge in [0.2, 0.25) is 5.91 Å². The maximum atomic E-state index is 11.7. The molecule has 0 spiro atoms. The summed E-state index contributed by atoms with van der Waals surface area (Å²) in [5.74, 6) is 0.363. The lowest BCUT2D eigenvalue weighted by atomic mass is 10.1. The molecule has 0 aliphatic heterocycles. The van der Waals surface area contributed by atoms with E-state index in [-0.39, 0.29) is 17.9 Å². The van der Waals surface area contributed by atoms with Gasteiger partial charge in [-0.1, -0.05) is 42.1 Å². The van der Waals surface area contributed by atoms with Gasteiger partial charge in [0, 0.05) is 24.7 Å². The summed E-state index contributed by atoms with van der Waals surface area (Å²) in [5, 5.41) is 8.99. The van der Waals surface area contributed by atoms with Crippen LogP contribution in [0.3, 0.4) is 0 Å². The number of aromatic nitrogens is 2. The predicted octanol–water partition coefficient (Wildman–Crippen LogP) is 2.13. The zero-order valence-corrected chi connectivity index (χ0v) is 13.4. The SMILES string of the molecule is O=C(CCCCSc1nc(Cc2ccccc2)cc(=O)[nH]1)NO. The van der Waals surface area contributed by atoms with Gasteiger partial charge in [-0.2, -0.15) is 0 Å². The zero-order chi connectivity index (χ0) is 16.5. The van der Waals surface area contributed by atoms with Crippen molar-refractivity contribution in [1.29, 1.82) is 0 Å². The van der Waals surface area contributed by atoms with Crippen LogP contribution in [-0.2, 0) is 11.2 Å². The number of aromatic amines is 1. The Morgan fingerprint density at radius 3 is 2.78 bits per heavy atom. The third kappa shape index (κ3) is 6.25. The summed E-state index contributed by atoms with van der Waals surface area (Å²) in [4.78, 5) is 29.8. The number of nitrogens with zero attached hydrogens (tertiary/aromatic N) is 1. The minimum Gasteiger partial charge on any atom is -0.301 e. The number of amides is 1. The van der Waals surface area contributed by atoms with Crippen LogP contribution < -0.4 is 11.0 Å². The van der Waals surface area contributed by atoms with Crippen molar-refractivity contribution in [3.63, 3.8) is 0 Å². The molecule has 0 saturated carbocycles. The molecular formula is C16H19N3O3S. The molecule has 0 aliphatic rings. The largest absolute Gasteiger partial charge is 0.301 e. The summed E-state index contributed by atoms with van der Waals surface area (Å²) < 4.78 is 0. The molecule has 7 heteroatoms. The first-order valence-corrected chi connectivity index (χ1v) is 8.36. The van der Waals surface area contributed by atoms with Crippen LogP contribution in [0.5, 0.6) is 0 Å². The van der Waals surface area contributed by atoms with Gasteiger partial charge in [-0.05, 0) is 18.4 Å². The minimum absolute atomic E-state index is 0.159. The van der Waals surface area contributed by atoms with E-state index in [9.17, 15) is 9.59 Å². The number of hydrogen-bond acceptors (Lipinski definition) is 5. The number of carbonyl (C=O) groups is 1. The molecule has 0 atom stereocenters. The summed E-state index contributed by atoms with van der Waals surface area (Å²) in [6.07, 6.45) is 2.38. The van der Waals surface area contributed by atoms with Crippen LogP contribution in [-0.4, -0.2) is 26.8 Å². The lowest BCUT2D eigenvalue weighted by Crippen LogP contribution is -2.17. The molecule has 1 aromatic carbocycles. The molecule has 23 heavy (non-hydrogen) atoms. The first-order chi connectivity index (χ1) is 11.2. The molecule has 1 aromatic heterocycles. The third-order valence-corrected chi connectivity index (χ3v) is 4.12. The fourth-order valence-electron chi connectivity index (χ4n) is 2.06. The molecule has 0 fully saturated rings. The summed E-state index contributed by atoms with van der Waals surface area (Å²) in [5.41, 5.74) is 3.29. The van der Waals surface area contributed by atoms with Crippen molar-refractivity contribution in [2.45, 2.75) is 30.8 Å². The fourth-order valence-corrected chi connectivity index (χ4v) is 2.96. The van der Waals surface area contributed by atoms with Gasteiger partial charge in [0.1, 0.15) is 0 Å². The Morgan fingerprint density at radius 2 is 2.04 bits per heavy atom. The van der Waals surface area contributed by atoms with E-state index in [0.29, 0.717) is 18.0 Å². The van der Waals surface area contributed by atoms with Gasteiger partial charge >= 0.3 is 0 Å². The topological polar surface area (TPSA) is 95.1 Å². The monoisotopic (exact) mass is 333 g/mol. The third-order valence-electron chi connectivity index (χ3n) is 3.16. The first kappa shape index (κ1) is 17.2. The van der Waals surface area contributed by atoms with Crippen LogP contribution in [0.15, 0.2) is 46.3 Å². The molecule has 2 aromatic rings. The average Bonchev–Trinajstić information content (AvgIpc) is 2.54. The molecule has 6 nitrogen and oxygen atoms in total. The Balaban J connectivity index is 1.87. The molecule has 0 unspecified atom stereocenters. The van der Waals surface area contributed by atoms with E-state index in [1.807, 2.05) is 30.3 Å². The lowest BCUT2D eigenvalue weighted by Gasteiger charge is -2.04.